The average Bonchev–Trinajstić information content (AvgIpc) is 2.90. The Morgan fingerprint density at radius 1 is 1.33 bits per heavy atom. The summed E-state index contributed by atoms with van der Waals surface area (Å²) in [4.78, 5) is 16.0. The molecule has 1 aromatic heterocycles. The second-order valence-electron chi connectivity index (χ2n) is 5.88. The second-order valence-corrected chi connectivity index (χ2v) is 5.88. The molecule has 7 heteroatoms. The van der Waals surface area contributed by atoms with E-state index in [0.29, 0.717) is 18.3 Å². The maximum absolute atomic E-state index is 11.9. The third-order valence-electron chi connectivity index (χ3n) is 3.95. The summed E-state index contributed by atoms with van der Waals surface area (Å²) in [7, 11) is 0. The third kappa shape index (κ3) is 4.55. The van der Waals surface area contributed by atoms with Crippen molar-refractivity contribution in [3.63, 3.8) is 0 Å². The first-order valence-electron chi connectivity index (χ1n) is 8.23. The first-order chi connectivity index (χ1) is 11.7. The zero-order valence-corrected chi connectivity index (χ0v) is 13.7. The highest BCUT2D eigenvalue weighted by molar-refractivity contribution is 5.81. The van der Waals surface area contributed by atoms with Gasteiger partial charge in [-0.3, -0.25) is 4.79 Å². The van der Waals surface area contributed by atoms with E-state index in [1.807, 2.05) is 24.3 Å². The first-order valence-corrected chi connectivity index (χ1v) is 8.23. The van der Waals surface area contributed by atoms with E-state index in [-0.39, 0.29) is 18.6 Å². The predicted molar refractivity (Wildman–Crippen MR) is 87.3 cm³/mol. The van der Waals surface area contributed by atoms with Crippen LogP contribution in [0, 0.1) is 6.92 Å². The minimum Gasteiger partial charge on any atom is -0.485 e. The molecule has 0 radical (unpaired) electrons. The van der Waals surface area contributed by atoms with Gasteiger partial charge in [-0.2, -0.15) is 4.98 Å². The Morgan fingerprint density at radius 3 is 2.92 bits per heavy atom. The standard InChI is InChI=1S/C17H22N4O3/c1-12-20-16(21-24-12)11-23-14-7-5-13(6-8-14)10-19-15-4-2-3-9-18-17(15)22/h5-8,15,19H,2-4,9-11H2,1H3,(H,18,22)/t15-/m1/s1. The summed E-state index contributed by atoms with van der Waals surface area (Å²) in [5.41, 5.74) is 1.11. The minimum atomic E-state index is -0.107. The van der Waals surface area contributed by atoms with Gasteiger partial charge in [0.05, 0.1) is 6.04 Å². The van der Waals surface area contributed by atoms with Gasteiger partial charge in [0.15, 0.2) is 6.61 Å². The molecule has 1 aliphatic rings. The molecule has 1 amide bonds. The van der Waals surface area contributed by atoms with Crippen LogP contribution in [0.1, 0.15) is 36.5 Å². The number of hydrogen-bond donors (Lipinski definition) is 2. The number of ether oxygens (including phenoxy) is 1. The monoisotopic (exact) mass is 330 g/mol. The summed E-state index contributed by atoms with van der Waals surface area (Å²) >= 11 is 0. The van der Waals surface area contributed by atoms with Crippen LogP contribution in [0.2, 0.25) is 0 Å². The van der Waals surface area contributed by atoms with Gasteiger partial charge in [-0.25, -0.2) is 0 Å². The number of nitrogens with one attached hydrogen (secondary N) is 2. The molecule has 24 heavy (non-hydrogen) atoms. The summed E-state index contributed by atoms with van der Waals surface area (Å²) < 4.78 is 10.5. The highest BCUT2D eigenvalue weighted by Crippen LogP contribution is 2.14. The van der Waals surface area contributed by atoms with Crippen LogP contribution in [0.15, 0.2) is 28.8 Å². The molecular weight excluding hydrogens is 308 g/mol. The summed E-state index contributed by atoms with van der Waals surface area (Å²) in [6.45, 7) is 3.45. The molecule has 1 aromatic carbocycles. The highest BCUT2D eigenvalue weighted by Gasteiger charge is 2.19. The number of nitrogens with zero attached hydrogens (tertiary/aromatic N) is 2. The average molecular weight is 330 g/mol. The van der Waals surface area contributed by atoms with Gasteiger partial charge < -0.3 is 19.9 Å². The molecule has 1 saturated heterocycles. The number of benzene rings is 1. The SMILES string of the molecule is Cc1nc(COc2ccc(CN[C@@H]3CCCCNC3=O)cc2)no1. The fourth-order valence-electron chi connectivity index (χ4n) is 2.63. The Kier molecular flexibility index (Phi) is 5.43. The minimum absolute atomic E-state index is 0.0999. The van der Waals surface area contributed by atoms with E-state index in [2.05, 4.69) is 20.8 Å². The van der Waals surface area contributed by atoms with Crippen molar-refractivity contribution in [2.45, 2.75) is 45.4 Å². The van der Waals surface area contributed by atoms with Crippen LogP contribution in [0.25, 0.3) is 0 Å². The van der Waals surface area contributed by atoms with E-state index < -0.39 is 0 Å². The number of carbonyl (C=O) groups is 1. The van der Waals surface area contributed by atoms with E-state index in [9.17, 15) is 4.79 Å². The molecule has 0 spiro atoms. The van der Waals surface area contributed by atoms with Crippen LogP contribution < -0.4 is 15.4 Å². The van der Waals surface area contributed by atoms with Gasteiger partial charge in [-0.05, 0) is 37.0 Å². The van der Waals surface area contributed by atoms with Crippen molar-refractivity contribution in [3.8, 4) is 5.75 Å². The number of rotatable bonds is 6. The van der Waals surface area contributed by atoms with Crippen molar-refractivity contribution in [3.05, 3.63) is 41.5 Å². The lowest BCUT2D eigenvalue weighted by molar-refractivity contribution is -0.122. The zero-order valence-electron chi connectivity index (χ0n) is 13.7. The predicted octanol–water partition coefficient (Wildman–Crippen LogP) is 1.72. The molecule has 0 saturated carbocycles. The van der Waals surface area contributed by atoms with E-state index in [4.69, 9.17) is 9.26 Å². The van der Waals surface area contributed by atoms with Crippen LogP contribution in [0.3, 0.4) is 0 Å². The van der Waals surface area contributed by atoms with Crippen LogP contribution in [0.4, 0.5) is 0 Å². The van der Waals surface area contributed by atoms with Gasteiger partial charge in [-0.15, -0.1) is 0 Å². The quantitative estimate of drug-likeness (QED) is 0.838. The lowest BCUT2D eigenvalue weighted by Gasteiger charge is -2.15. The van der Waals surface area contributed by atoms with Crippen LogP contribution >= 0.6 is 0 Å². The molecular formula is C17H22N4O3. The third-order valence-corrected chi connectivity index (χ3v) is 3.95. The number of hydrogen-bond acceptors (Lipinski definition) is 6. The van der Waals surface area contributed by atoms with Crippen LogP contribution in [0.5, 0.6) is 5.75 Å². The van der Waals surface area contributed by atoms with E-state index in [0.717, 1.165) is 37.1 Å². The van der Waals surface area contributed by atoms with E-state index in [1.165, 1.54) is 0 Å². The molecule has 3 rings (SSSR count). The number of carbonyl (C=O) groups excluding carboxylic acids is 1. The maximum Gasteiger partial charge on any atom is 0.237 e. The van der Waals surface area contributed by atoms with Crippen molar-refractivity contribution in [2.75, 3.05) is 6.54 Å². The lowest BCUT2D eigenvalue weighted by atomic mass is 10.1. The van der Waals surface area contributed by atoms with Gasteiger partial charge in [-0.1, -0.05) is 17.3 Å². The largest absolute Gasteiger partial charge is 0.485 e. The molecule has 2 aromatic rings. The van der Waals surface area contributed by atoms with Crippen molar-refractivity contribution in [1.82, 2.24) is 20.8 Å². The molecule has 0 aliphatic carbocycles. The van der Waals surface area contributed by atoms with E-state index >= 15 is 0 Å². The first kappa shape index (κ1) is 16.4. The van der Waals surface area contributed by atoms with Gasteiger partial charge >= 0.3 is 0 Å². The Morgan fingerprint density at radius 2 is 2.17 bits per heavy atom. The second kappa shape index (κ2) is 7.92. The van der Waals surface area contributed by atoms with Crippen LogP contribution in [-0.4, -0.2) is 28.6 Å². The summed E-state index contributed by atoms with van der Waals surface area (Å²) in [5, 5.41) is 10.0. The van der Waals surface area contributed by atoms with Crippen molar-refractivity contribution < 1.29 is 14.1 Å². The van der Waals surface area contributed by atoms with E-state index in [1.54, 1.807) is 6.92 Å². The molecule has 1 aliphatic heterocycles. The Bertz CT molecular complexity index is 669. The Balaban J connectivity index is 1.48. The summed E-state index contributed by atoms with van der Waals surface area (Å²) in [5.74, 6) is 1.89. The molecule has 1 atom stereocenters. The topological polar surface area (TPSA) is 89.3 Å². The summed E-state index contributed by atoms with van der Waals surface area (Å²) in [6, 6.07) is 7.66. The fourth-order valence-corrected chi connectivity index (χ4v) is 2.63. The van der Waals surface area contributed by atoms with Gasteiger partial charge in [0, 0.05) is 20.0 Å². The molecule has 0 bridgehead atoms. The molecule has 2 heterocycles. The molecule has 2 N–H and O–H groups in total. The molecule has 0 unspecified atom stereocenters. The van der Waals surface area contributed by atoms with Gasteiger partial charge in [0.25, 0.3) is 0 Å². The van der Waals surface area contributed by atoms with Crippen molar-refractivity contribution in [1.29, 1.82) is 0 Å². The molecule has 7 nitrogen and oxygen atoms in total. The number of amides is 1. The van der Waals surface area contributed by atoms with Crippen LogP contribution in [-0.2, 0) is 17.9 Å². The smallest absolute Gasteiger partial charge is 0.237 e. The molecule has 128 valence electrons. The van der Waals surface area contributed by atoms with Gasteiger partial charge in [0.2, 0.25) is 17.6 Å². The Labute approximate surface area is 140 Å². The molecule has 1 fully saturated rings. The number of aromatic nitrogens is 2. The Hall–Kier alpha value is -2.41. The highest BCUT2D eigenvalue weighted by atomic mass is 16.5. The fraction of sp³-hybridized carbons (Fsp3) is 0.471. The van der Waals surface area contributed by atoms with Crippen molar-refractivity contribution >= 4 is 5.91 Å². The summed E-state index contributed by atoms with van der Waals surface area (Å²) in [6.07, 6.45) is 3.01. The van der Waals surface area contributed by atoms with Gasteiger partial charge in [0.1, 0.15) is 5.75 Å². The maximum atomic E-state index is 11.9. The lowest BCUT2D eigenvalue weighted by Crippen LogP contribution is -2.42. The number of aryl methyl sites for hydroxylation is 1. The van der Waals surface area contributed by atoms with Crippen molar-refractivity contribution in [2.24, 2.45) is 0 Å². The normalized spacial score (nSPS) is 18.0. The zero-order chi connectivity index (χ0) is 16.8.